The first-order valence-corrected chi connectivity index (χ1v) is 9.28. The van der Waals surface area contributed by atoms with Gasteiger partial charge in [-0.3, -0.25) is 4.79 Å². The molecule has 0 saturated heterocycles. The molecule has 7 heteroatoms. The summed E-state index contributed by atoms with van der Waals surface area (Å²) in [7, 11) is 11.5. The lowest BCUT2D eigenvalue weighted by molar-refractivity contribution is 0.103. The molecule has 0 spiro atoms. The van der Waals surface area contributed by atoms with Crippen molar-refractivity contribution in [3.8, 4) is 28.7 Å². The average molecular weight is 415 g/mol. The number of benzene rings is 2. The van der Waals surface area contributed by atoms with E-state index in [1.165, 1.54) is 28.4 Å². The summed E-state index contributed by atoms with van der Waals surface area (Å²) in [5.74, 6) is 2.32. The smallest absolute Gasteiger partial charge is 0.207 e. The van der Waals surface area contributed by atoms with Crippen molar-refractivity contribution < 1.29 is 28.5 Å². The topological polar surface area (TPSA) is 66.5 Å². The van der Waals surface area contributed by atoms with Crippen molar-refractivity contribution >= 4 is 17.5 Å². The van der Waals surface area contributed by atoms with Crippen molar-refractivity contribution in [1.82, 2.24) is 0 Å². The minimum absolute atomic E-state index is 0.114. The monoisotopic (exact) mass is 415 g/mol. The van der Waals surface area contributed by atoms with Crippen molar-refractivity contribution in [2.45, 2.75) is 6.92 Å². The summed E-state index contributed by atoms with van der Waals surface area (Å²) in [5, 5.41) is 0. The maximum Gasteiger partial charge on any atom is 0.207 e. The lowest BCUT2D eigenvalue weighted by Gasteiger charge is -2.18. The number of Topliss-reactive ketones (excluding diaryl/α,β-unsaturated/α-hetero) is 1. The van der Waals surface area contributed by atoms with E-state index in [2.05, 4.69) is 0 Å². The van der Waals surface area contributed by atoms with Gasteiger partial charge in [-0.25, -0.2) is 0 Å². The van der Waals surface area contributed by atoms with Gasteiger partial charge in [-0.15, -0.1) is 0 Å². The maximum atomic E-state index is 13.1. The molecule has 0 N–H and O–H groups in total. The van der Waals surface area contributed by atoms with E-state index in [0.29, 0.717) is 45.4 Å². The minimum atomic E-state index is -0.114. The molecule has 0 amide bonds. The number of ether oxygens (including phenoxy) is 5. The number of ketones is 1. The van der Waals surface area contributed by atoms with E-state index in [1.54, 1.807) is 38.3 Å². The fourth-order valence-electron chi connectivity index (χ4n) is 3.17. The van der Waals surface area contributed by atoms with Crippen LogP contribution >= 0.6 is 0 Å². The Labute approximate surface area is 177 Å². The van der Waals surface area contributed by atoms with Gasteiger partial charge in [0.25, 0.3) is 0 Å². The van der Waals surface area contributed by atoms with Gasteiger partial charge in [0.2, 0.25) is 11.5 Å². The summed E-state index contributed by atoms with van der Waals surface area (Å²) < 4.78 is 27.2. The highest BCUT2D eigenvalue weighted by molar-refractivity contribution is 6.11. The summed E-state index contributed by atoms with van der Waals surface area (Å²) in [6.07, 6.45) is 1.74. The van der Waals surface area contributed by atoms with Crippen LogP contribution in [-0.2, 0) is 0 Å². The third kappa shape index (κ3) is 4.45. The van der Waals surface area contributed by atoms with Gasteiger partial charge in [-0.05, 0) is 42.8 Å². The number of carbonyl (C=O) groups is 1. The van der Waals surface area contributed by atoms with Gasteiger partial charge in [0.05, 0.1) is 41.2 Å². The first kappa shape index (κ1) is 22.9. The zero-order valence-electron chi connectivity index (χ0n) is 18.8. The van der Waals surface area contributed by atoms with E-state index in [-0.39, 0.29) is 5.78 Å². The van der Waals surface area contributed by atoms with Crippen LogP contribution in [-0.4, -0.2) is 55.4 Å². The van der Waals surface area contributed by atoms with Crippen molar-refractivity contribution in [3.63, 3.8) is 0 Å². The van der Waals surface area contributed by atoms with Gasteiger partial charge in [-0.1, -0.05) is 0 Å². The van der Waals surface area contributed by atoms with Crippen LogP contribution in [0.5, 0.6) is 28.7 Å². The number of anilines is 1. The summed E-state index contributed by atoms with van der Waals surface area (Å²) in [4.78, 5) is 15.0. The van der Waals surface area contributed by atoms with Crippen LogP contribution in [0, 0.1) is 0 Å². The molecule has 0 atom stereocenters. The van der Waals surface area contributed by atoms with Crippen molar-refractivity contribution in [3.05, 3.63) is 41.0 Å². The van der Waals surface area contributed by atoms with Gasteiger partial charge in [0, 0.05) is 25.2 Å². The van der Waals surface area contributed by atoms with Crippen LogP contribution < -0.4 is 28.6 Å². The Balaban J connectivity index is 2.56. The third-order valence-electron chi connectivity index (χ3n) is 4.67. The van der Waals surface area contributed by atoms with Crippen molar-refractivity contribution in [1.29, 1.82) is 0 Å². The van der Waals surface area contributed by atoms with Crippen LogP contribution in [0.25, 0.3) is 6.08 Å². The number of nitrogens with zero attached hydrogens (tertiary/aromatic N) is 1. The first-order valence-electron chi connectivity index (χ1n) is 9.28. The molecule has 0 radical (unpaired) electrons. The highest BCUT2D eigenvalue weighted by Crippen LogP contribution is 2.47. The highest BCUT2D eigenvalue weighted by atomic mass is 16.5. The quantitative estimate of drug-likeness (QED) is 0.452. The second-order valence-corrected chi connectivity index (χ2v) is 6.71. The lowest BCUT2D eigenvalue weighted by atomic mass is 10.0. The van der Waals surface area contributed by atoms with E-state index in [4.69, 9.17) is 23.7 Å². The van der Waals surface area contributed by atoms with Gasteiger partial charge in [0.15, 0.2) is 17.3 Å². The molecule has 0 heterocycles. The number of carbonyl (C=O) groups excluding carboxylic acids is 1. The molecule has 7 nitrogen and oxygen atoms in total. The summed E-state index contributed by atoms with van der Waals surface area (Å²) >= 11 is 0. The Morgan fingerprint density at radius 3 is 1.90 bits per heavy atom. The summed E-state index contributed by atoms with van der Waals surface area (Å²) in [6, 6.07) is 7.09. The normalized spacial score (nSPS) is 11.0. The summed E-state index contributed by atoms with van der Waals surface area (Å²) in [5.41, 5.74) is 2.54. The minimum Gasteiger partial charge on any atom is -0.495 e. The zero-order chi connectivity index (χ0) is 22.4. The van der Waals surface area contributed by atoms with Crippen molar-refractivity contribution in [2.75, 3.05) is 54.5 Å². The lowest BCUT2D eigenvalue weighted by Crippen LogP contribution is -2.11. The second-order valence-electron chi connectivity index (χ2n) is 6.71. The molecule has 2 aromatic rings. The fraction of sp³-hybridized carbons (Fsp3) is 0.348. The standard InChI is InChI=1S/C23H29NO6/c1-14(20(25)15-9-10-18(26-4)17(12-15)24(2)3)11-16-13-19(27-5)22(29-7)23(30-8)21(16)28-6/h9-13H,1-8H3/b14-11+. The van der Waals surface area contributed by atoms with Gasteiger partial charge < -0.3 is 28.6 Å². The molecule has 0 saturated carbocycles. The molecule has 2 rings (SSSR count). The number of hydrogen-bond acceptors (Lipinski definition) is 7. The Morgan fingerprint density at radius 2 is 1.40 bits per heavy atom. The molecule has 0 aliphatic heterocycles. The Morgan fingerprint density at radius 1 is 0.800 bits per heavy atom. The van der Waals surface area contributed by atoms with Crippen LogP contribution in [0.2, 0.25) is 0 Å². The Kier molecular flexibility index (Phi) is 7.58. The van der Waals surface area contributed by atoms with Gasteiger partial charge >= 0.3 is 0 Å². The highest BCUT2D eigenvalue weighted by Gasteiger charge is 2.21. The Bertz CT molecular complexity index is 949. The molecular formula is C23H29NO6. The predicted octanol–water partition coefficient (Wildman–Crippen LogP) is 4.08. The number of allylic oxidation sites excluding steroid dienone is 1. The summed E-state index contributed by atoms with van der Waals surface area (Å²) in [6.45, 7) is 1.75. The van der Waals surface area contributed by atoms with Crippen LogP contribution in [0.15, 0.2) is 29.8 Å². The van der Waals surface area contributed by atoms with Crippen molar-refractivity contribution in [2.24, 2.45) is 0 Å². The molecule has 0 bridgehead atoms. The molecule has 0 fully saturated rings. The molecule has 0 unspecified atom stereocenters. The van der Waals surface area contributed by atoms with E-state index in [9.17, 15) is 4.79 Å². The van der Waals surface area contributed by atoms with Crippen LogP contribution in [0.4, 0.5) is 5.69 Å². The predicted molar refractivity (Wildman–Crippen MR) is 118 cm³/mol. The molecule has 0 aliphatic rings. The number of methoxy groups -OCH3 is 5. The molecule has 30 heavy (non-hydrogen) atoms. The molecule has 2 aromatic carbocycles. The fourth-order valence-corrected chi connectivity index (χ4v) is 3.17. The second kappa shape index (κ2) is 9.91. The SMILES string of the molecule is COc1ccc(C(=O)/C(C)=C/c2cc(OC)c(OC)c(OC)c2OC)cc1N(C)C. The maximum absolute atomic E-state index is 13.1. The average Bonchev–Trinajstić information content (AvgIpc) is 2.76. The number of rotatable bonds is 9. The Hall–Kier alpha value is -3.35. The van der Waals surface area contributed by atoms with Crippen LogP contribution in [0.1, 0.15) is 22.8 Å². The molecule has 162 valence electrons. The van der Waals surface area contributed by atoms with E-state index >= 15 is 0 Å². The largest absolute Gasteiger partial charge is 0.495 e. The van der Waals surface area contributed by atoms with E-state index in [0.717, 1.165) is 5.69 Å². The van der Waals surface area contributed by atoms with Crippen LogP contribution in [0.3, 0.4) is 0 Å². The van der Waals surface area contributed by atoms with Gasteiger partial charge in [0.1, 0.15) is 5.75 Å². The molecule has 0 aliphatic carbocycles. The third-order valence-corrected chi connectivity index (χ3v) is 4.67. The first-order chi connectivity index (χ1) is 14.3. The molecule has 0 aromatic heterocycles. The van der Waals surface area contributed by atoms with E-state index < -0.39 is 0 Å². The molecular weight excluding hydrogens is 386 g/mol. The zero-order valence-corrected chi connectivity index (χ0v) is 18.8. The van der Waals surface area contributed by atoms with Gasteiger partial charge in [-0.2, -0.15) is 0 Å². The van der Waals surface area contributed by atoms with E-state index in [1.807, 2.05) is 25.1 Å². The number of hydrogen-bond donors (Lipinski definition) is 0.